The average Bonchev–Trinajstić information content (AvgIpc) is 2.98. The van der Waals surface area contributed by atoms with E-state index in [4.69, 9.17) is 0 Å². The van der Waals surface area contributed by atoms with Crippen LogP contribution in [0, 0.1) is 5.92 Å². The zero-order valence-corrected chi connectivity index (χ0v) is 15.5. The number of rotatable bonds is 2. The highest BCUT2D eigenvalue weighted by Gasteiger charge is 2.57. The number of nitrogens with zero attached hydrogens (tertiary/aromatic N) is 3. The molecule has 2 amide bonds. The molecule has 1 aromatic carbocycles. The molecule has 3 aliphatic heterocycles. The van der Waals surface area contributed by atoms with E-state index in [0.29, 0.717) is 44.7 Å². The van der Waals surface area contributed by atoms with Crippen LogP contribution in [-0.2, 0) is 4.79 Å². The van der Waals surface area contributed by atoms with Gasteiger partial charge in [0.25, 0.3) is 5.91 Å². The predicted octanol–water partition coefficient (Wildman–Crippen LogP) is 0.815. The second-order valence-electron chi connectivity index (χ2n) is 8.32. The number of hydrogen-bond acceptors (Lipinski definition) is 4. The largest absolute Gasteiger partial charge is 0.392 e. The lowest BCUT2D eigenvalue weighted by molar-refractivity contribution is -0.149. The number of amides is 2. The van der Waals surface area contributed by atoms with Gasteiger partial charge in [-0.25, -0.2) is 0 Å². The third kappa shape index (κ3) is 2.81. The smallest absolute Gasteiger partial charge is 0.253 e. The summed E-state index contributed by atoms with van der Waals surface area (Å²) in [6.07, 6.45) is 0.362. The molecule has 3 aliphatic rings. The first kappa shape index (κ1) is 17.5. The fraction of sp³-hybridized carbons (Fsp3) is 0.600. The second kappa shape index (κ2) is 6.35. The lowest BCUT2D eigenvalue weighted by Crippen LogP contribution is -2.79. The summed E-state index contributed by atoms with van der Waals surface area (Å²) in [5, 5.41) is 10.2. The Labute approximate surface area is 154 Å². The van der Waals surface area contributed by atoms with Crippen molar-refractivity contribution in [3.8, 4) is 0 Å². The zero-order chi connectivity index (χ0) is 18.5. The predicted molar refractivity (Wildman–Crippen MR) is 97.6 cm³/mol. The fourth-order valence-corrected chi connectivity index (χ4v) is 4.80. The monoisotopic (exact) mass is 357 g/mol. The van der Waals surface area contributed by atoms with Gasteiger partial charge in [0.1, 0.15) is 0 Å². The van der Waals surface area contributed by atoms with E-state index < -0.39 is 0 Å². The quantitative estimate of drug-likeness (QED) is 0.851. The molecule has 0 aliphatic carbocycles. The van der Waals surface area contributed by atoms with Gasteiger partial charge in [0.05, 0.1) is 11.6 Å². The number of fused-ring (bicyclic) bond motifs is 2. The van der Waals surface area contributed by atoms with Gasteiger partial charge in [-0.15, -0.1) is 0 Å². The third-order valence-electron chi connectivity index (χ3n) is 6.00. The molecule has 0 saturated carbocycles. The van der Waals surface area contributed by atoms with E-state index >= 15 is 0 Å². The Kier molecular flexibility index (Phi) is 4.28. The molecule has 1 spiro atoms. The maximum Gasteiger partial charge on any atom is 0.253 e. The van der Waals surface area contributed by atoms with Crippen LogP contribution in [0.15, 0.2) is 30.3 Å². The number of likely N-dealkylation sites (tertiary alicyclic amines) is 1. The van der Waals surface area contributed by atoms with Crippen LogP contribution < -0.4 is 0 Å². The molecule has 3 heterocycles. The number of β-amino-alcohol motifs (C(OH)–C–C–N with tert-alkyl or cyclic N) is 1. The summed E-state index contributed by atoms with van der Waals surface area (Å²) in [6, 6.07) is 9.52. The Balaban J connectivity index is 1.53. The van der Waals surface area contributed by atoms with Crippen LogP contribution in [0.5, 0.6) is 0 Å². The molecule has 26 heavy (non-hydrogen) atoms. The topological polar surface area (TPSA) is 64.1 Å². The second-order valence-corrected chi connectivity index (χ2v) is 8.32. The minimum Gasteiger partial charge on any atom is -0.392 e. The van der Waals surface area contributed by atoms with Crippen molar-refractivity contribution < 1.29 is 14.7 Å². The SMILES string of the molecule is CC(C)C(=O)N1C[C@H]2C[C@@H](O)CN2C2(CN(C(=O)c3ccccc3)C2)C1. The molecule has 6 heteroatoms. The molecule has 1 aromatic rings. The molecule has 3 saturated heterocycles. The molecular weight excluding hydrogens is 330 g/mol. The molecule has 3 fully saturated rings. The summed E-state index contributed by atoms with van der Waals surface area (Å²) in [5.41, 5.74) is 0.487. The van der Waals surface area contributed by atoms with Crippen molar-refractivity contribution in [2.45, 2.75) is 38.0 Å². The first-order chi connectivity index (χ1) is 12.4. The number of piperazine rings is 1. The van der Waals surface area contributed by atoms with E-state index in [2.05, 4.69) is 4.90 Å². The van der Waals surface area contributed by atoms with Crippen LogP contribution >= 0.6 is 0 Å². The Morgan fingerprint density at radius 3 is 2.38 bits per heavy atom. The number of carbonyl (C=O) groups is 2. The standard InChI is InChI=1S/C20H27N3O3/c1-14(2)18(25)21-9-16-8-17(24)10-23(16)20(11-21)12-22(13-20)19(26)15-6-4-3-5-7-15/h3-7,14,16-17,24H,8-13H2,1-2H3/t16-,17-/m1/s1. The normalized spacial score (nSPS) is 27.5. The lowest BCUT2D eigenvalue weighted by Gasteiger charge is -2.61. The average molecular weight is 357 g/mol. The minimum absolute atomic E-state index is 0.0351. The third-order valence-corrected chi connectivity index (χ3v) is 6.00. The summed E-state index contributed by atoms with van der Waals surface area (Å²) < 4.78 is 0. The Hall–Kier alpha value is -1.92. The maximum absolute atomic E-state index is 12.7. The van der Waals surface area contributed by atoms with Crippen LogP contribution in [0.2, 0.25) is 0 Å². The number of carbonyl (C=O) groups excluding carboxylic acids is 2. The van der Waals surface area contributed by atoms with Crippen LogP contribution in [0.3, 0.4) is 0 Å². The lowest BCUT2D eigenvalue weighted by atomic mass is 9.83. The van der Waals surface area contributed by atoms with Gasteiger partial charge in [-0.05, 0) is 18.6 Å². The number of aliphatic hydroxyl groups excluding tert-OH is 1. The Morgan fingerprint density at radius 1 is 1.08 bits per heavy atom. The fourth-order valence-electron chi connectivity index (χ4n) is 4.80. The number of hydrogen-bond donors (Lipinski definition) is 1. The summed E-state index contributed by atoms with van der Waals surface area (Å²) >= 11 is 0. The molecule has 0 unspecified atom stereocenters. The molecule has 0 bridgehead atoms. The highest BCUT2D eigenvalue weighted by Crippen LogP contribution is 2.39. The van der Waals surface area contributed by atoms with Gasteiger partial charge in [0, 0.05) is 50.2 Å². The summed E-state index contributed by atoms with van der Waals surface area (Å²) in [7, 11) is 0. The van der Waals surface area contributed by atoms with E-state index in [9.17, 15) is 14.7 Å². The van der Waals surface area contributed by atoms with Crippen molar-refractivity contribution in [1.82, 2.24) is 14.7 Å². The number of benzene rings is 1. The van der Waals surface area contributed by atoms with Gasteiger partial charge in [0.15, 0.2) is 0 Å². The van der Waals surface area contributed by atoms with E-state index in [0.717, 1.165) is 0 Å². The van der Waals surface area contributed by atoms with Crippen molar-refractivity contribution in [3.05, 3.63) is 35.9 Å². The molecule has 1 N–H and O–H groups in total. The highest BCUT2D eigenvalue weighted by molar-refractivity contribution is 5.95. The van der Waals surface area contributed by atoms with Crippen LogP contribution in [-0.4, -0.2) is 82.0 Å². The van der Waals surface area contributed by atoms with Gasteiger partial charge >= 0.3 is 0 Å². The molecule has 4 rings (SSSR count). The van der Waals surface area contributed by atoms with E-state index in [1.807, 2.05) is 54.0 Å². The number of aliphatic hydroxyl groups is 1. The minimum atomic E-state index is -0.343. The van der Waals surface area contributed by atoms with Crippen molar-refractivity contribution in [3.63, 3.8) is 0 Å². The van der Waals surface area contributed by atoms with Gasteiger partial charge in [0.2, 0.25) is 5.91 Å². The van der Waals surface area contributed by atoms with Crippen molar-refractivity contribution in [2.75, 3.05) is 32.7 Å². The van der Waals surface area contributed by atoms with Gasteiger partial charge in [-0.3, -0.25) is 14.5 Å². The summed E-state index contributed by atoms with van der Waals surface area (Å²) in [6.45, 7) is 7.06. The molecule has 0 radical (unpaired) electrons. The van der Waals surface area contributed by atoms with Crippen LogP contribution in [0.25, 0.3) is 0 Å². The summed E-state index contributed by atoms with van der Waals surface area (Å²) in [4.78, 5) is 31.5. The van der Waals surface area contributed by atoms with E-state index in [-0.39, 0.29) is 35.4 Å². The van der Waals surface area contributed by atoms with Crippen molar-refractivity contribution in [1.29, 1.82) is 0 Å². The van der Waals surface area contributed by atoms with E-state index in [1.165, 1.54) is 0 Å². The molecular formula is C20H27N3O3. The Morgan fingerprint density at radius 2 is 1.73 bits per heavy atom. The van der Waals surface area contributed by atoms with Gasteiger partial charge in [-0.2, -0.15) is 0 Å². The zero-order valence-electron chi connectivity index (χ0n) is 15.5. The molecule has 6 nitrogen and oxygen atoms in total. The van der Waals surface area contributed by atoms with Gasteiger partial charge < -0.3 is 14.9 Å². The van der Waals surface area contributed by atoms with Crippen LogP contribution in [0.1, 0.15) is 30.6 Å². The Bertz CT molecular complexity index is 700. The molecule has 2 atom stereocenters. The molecule has 0 aromatic heterocycles. The highest BCUT2D eigenvalue weighted by atomic mass is 16.3. The van der Waals surface area contributed by atoms with Crippen LogP contribution in [0.4, 0.5) is 0 Å². The van der Waals surface area contributed by atoms with Crippen molar-refractivity contribution in [2.24, 2.45) is 5.92 Å². The van der Waals surface area contributed by atoms with E-state index in [1.54, 1.807) is 0 Å². The van der Waals surface area contributed by atoms with Gasteiger partial charge in [-0.1, -0.05) is 32.0 Å². The summed E-state index contributed by atoms with van der Waals surface area (Å²) in [5.74, 6) is 0.171. The molecule has 140 valence electrons. The van der Waals surface area contributed by atoms with Crippen molar-refractivity contribution >= 4 is 11.8 Å². The first-order valence-electron chi connectivity index (χ1n) is 9.47. The first-order valence-corrected chi connectivity index (χ1v) is 9.47. The maximum atomic E-state index is 12.7.